The van der Waals surface area contributed by atoms with Gasteiger partial charge in [0.05, 0.1) is 0 Å². The van der Waals surface area contributed by atoms with Gasteiger partial charge in [0.15, 0.2) is 0 Å². The van der Waals surface area contributed by atoms with E-state index in [0.29, 0.717) is 0 Å². The summed E-state index contributed by atoms with van der Waals surface area (Å²) in [6.45, 7) is 21.5. The fraction of sp³-hybridized carbons (Fsp3) is 1.00. The number of rotatable bonds is 0. The maximum atomic E-state index is 2.52. The maximum Gasteiger partial charge on any atom is -0.0324 e. The van der Waals surface area contributed by atoms with E-state index in [1.807, 2.05) is 13.8 Å². The molecule has 0 aliphatic heterocycles. The minimum Gasteiger partial charge on any atom is -0.0683 e. The second-order valence-electron chi connectivity index (χ2n) is 7.17. The smallest absolute Gasteiger partial charge is 0.0324 e. The molecule has 0 spiro atoms. The highest BCUT2D eigenvalue weighted by atomic mass is 14.6. The van der Waals surface area contributed by atoms with Crippen LogP contribution in [0.1, 0.15) is 62.3 Å². The summed E-state index contributed by atoms with van der Waals surface area (Å²) in [5.74, 6) is 8.47. The van der Waals surface area contributed by atoms with Crippen LogP contribution in [-0.2, 0) is 0 Å². The topological polar surface area (TPSA) is 0 Å². The third kappa shape index (κ3) is 2.25. The van der Waals surface area contributed by atoms with Gasteiger partial charge in [0.2, 0.25) is 0 Å². The molecule has 0 saturated heterocycles. The molecule has 2 fully saturated rings. The van der Waals surface area contributed by atoms with Gasteiger partial charge >= 0.3 is 0 Å². The van der Waals surface area contributed by atoms with E-state index in [2.05, 4.69) is 48.5 Å². The zero-order valence-corrected chi connectivity index (χ0v) is 14.2. The lowest BCUT2D eigenvalue weighted by atomic mass is 9.57. The molecule has 0 N–H and O–H groups in total. The third-order valence-electron chi connectivity index (χ3n) is 7.02. The van der Waals surface area contributed by atoms with Crippen molar-refractivity contribution in [3.8, 4) is 0 Å². The molecule has 8 atom stereocenters. The molecule has 0 heterocycles. The van der Waals surface area contributed by atoms with Crippen LogP contribution in [0.5, 0.6) is 0 Å². The van der Waals surface area contributed by atoms with Crippen molar-refractivity contribution in [3.63, 3.8) is 0 Å². The van der Waals surface area contributed by atoms with Gasteiger partial charge in [-0.25, -0.2) is 0 Å². The van der Waals surface area contributed by atoms with E-state index >= 15 is 0 Å². The average molecular weight is 252 g/mol. The van der Waals surface area contributed by atoms with Crippen molar-refractivity contribution in [3.05, 3.63) is 0 Å². The molecular weight excluding hydrogens is 216 g/mol. The van der Waals surface area contributed by atoms with Gasteiger partial charge in [-0.15, -0.1) is 0 Å². The van der Waals surface area contributed by atoms with Crippen LogP contribution >= 0.6 is 0 Å². The minimum absolute atomic E-state index is 0.913. The predicted octanol–water partition coefficient (Wildman–Crippen LogP) is 5.72. The highest BCUT2D eigenvalue weighted by Crippen LogP contribution is 2.58. The molecule has 2 aliphatic rings. The van der Waals surface area contributed by atoms with E-state index in [1.54, 1.807) is 0 Å². The van der Waals surface area contributed by atoms with Crippen molar-refractivity contribution in [1.82, 2.24) is 0 Å². The largest absolute Gasteiger partial charge is 0.0683 e. The van der Waals surface area contributed by atoms with Gasteiger partial charge in [0.25, 0.3) is 0 Å². The lowest BCUT2D eigenvalue weighted by Gasteiger charge is -2.48. The Hall–Kier alpha value is 0. The summed E-state index contributed by atoms with van der Waals surface area (Å²) in [4.78, 5) is 0. The second-order valence-corrected chi connectivity index (χ2v) is 7.17. The van der Waals surface area contributed by atoms with Crippen LogP contribution in [0.2, 0.25) is 0 Å². The molecule has 108 valence electrons. The Labute approximate surface area is 116 Å². The van der Waals surface area contributed by atoms with Crippen molar-refractivity contribution < 1.29 is 0 Å². The molecule has 0 amide bonds. The van der Waals surface area contributed by atoms with E-state index in [9.17, 15) is 0 Å². The molecule has 0 radical (unpaired) electrons. The molecule has 0 aromatic rings. The zero-order chi connectivity index (χ0) is 14.2. The number of hydrogen-bond donors (Lipinski definition) is 0. The van der Waals surface area contributed by atoms with Crippen LogP contribution in [0.25, 0.3) is 0 Å². The van der Waals surface area contributed by atoms with Crippen LogP contribution in [0.4, 0.5) is 0 Å². The number of hydrogen-bond acceptors (Lipinski definition) is 0. The van der Waals surface area contributed by atoms with Gasteiger partial charge in [-0.1, -0.05) is 62.3 Å². The molecule has 2 aliphatic carbocycles. The molecule has 2 rings (SSSR count). The van der Waals surface area contributed by atoms with Crippen molar-refractivity contribution >= 4 is 0 Å². The molecule has 0 aromatic heterocycles. The molecule has 0 bridgehead atoms. The van der Waals surface area contributed by atoms with E-state index in [1.165, 1.54) is 0 Å². The predicted molar refractivity (Wildman–Crippen MR) is 82.5 cm³/mol. The molecule has 0 heteroatoms. The van der Waals surface area contributed by atoms with Gasteiger partial charge in [-0.2, -0.15) is 0 Å². The Morgan fingerprint density at radius 2 is 0.500 bits per heavy atom. The molecule has 8 unspecified atom stereocenters. The molecule has 0 nitrogen and oxygen atoms in total. The van der Waals surface area contributed by atoms with Crippen LogP contribution < -0.4 is 0 Å². The van der Waals surface area contributed by atoms with E-state index in [0.717, 1.165) is 53.3 Å². The standard InChI is InChI=1S/C16H30.C2H6/c1-8-9(2)12(5)16-14(7)10(3)13(6)15(16)11(8)4;1-2/h8-16H,1-7H3;1-2H3. The molecule has 2 saturated carbocycles. The Balaban J connectivity index is 0.000000771. The molecule has 0 aromatic carbocycles. The molecule has 18 heavy (non-hydrogen) atoms. The van der Waals surface area contributed by atoms with Crippen LogP contribution in [0, 0.1) is 53.3 Å². The van der Waals surface area contributed by atoms with E-state index in [-0.39, 0.29) is 0 Å². The van der Waals surface area contributed by atoms with Gasteiger partial charge in [0.1, 0.15) is 0 Å². The van der Waals surface area contributed by atoms with E-state index in [4.69, 9.17) is 0 Å². The van der Waals surface area contributed by atoms with Crippen LogP contribution in [0.15, 0.2) is 0 Å². The Bertz CT molecular complexity index is 231. The summed E-state index contributed by atoms with van der Waals surface area (Å²) in [7, 11) is 0. The van der Waals surface area contributed by atoms with Crippen molar-refractivity contribution in [2.24, 2.45) is 53.3 Å². The summed E-state index contributed by atoms with van der Waals surface area (Å²) < 4.78 is 0. The lowest BCUT2D eigenvalue weighted by Crippen LogP contribution is -2.42. The fourth-order valence-electron chi connectivity index (χ4n) is 5.20. The normalized spacial score (nSPS) is 55.5. The first-order valence-corrected chi connectivity index (χ1v) is 8.37. The second kappa shape index (κ2) is 5.97. The first-order valence-electron chi connectivity index (χ1n) is 8.37. The SMILES string of the molecule is CC.CC1C(C)C(C)C2C(C)C(C)C(C)C2C1C. The summed E-state index contributed by atoms with van der Waals surface area (Å²) in [5, 5.41) is 0. The first kappa shape index (κ1) is 16.1. The summed E-state index contributed by atoms with van der Waals surface area (Å²) in [6, 6.07) is 0. The van der Waals surface area contributed by atoms with Gasteiger partial charge in [-0.05, 0) is 53.3 Å². The van der Waals surface area contributed by atoms with Crippen LogP contribution in [-0.4, -0.2) is 0 Å². The summed E-state index contributed by atoms with van der Waals surface area (Å²) in [5.41, 5.74) is 0. The zero-order valence-electron chi connectivity index (χ0n) is 14.2. The quantitative estimate of drug-likeness (QED) is 0.517. The monoisotopic (exact) mass is 252 g/mol. The highest BCUT2D eigenvalue weighted by Gasteiger charge is 2.53. The van der Waals surface area contributed by atoms with Gasteiger partial charge in [-0.3, -0.25) is 0 Å². The fourth-order valence-corrected chi connectivity index (χ4v) is 5.20. The van der Waals surface area contributed by atoms with Crippen molar-refractivity contribution in [2.45, 2.75) is 62.3 Å². The highest BCUT2D eigenvalue weighted by molar-refractivity contribution is 5.01. The van der Waals surface area contributed by atoms with Crippen LogP contribution in [0.3, 0.4) is 0 Å². The summed E-state index contributed by atoms with van der Waals surface area (Å²) >= 11 is 0. The lowest BCUT2D eigenvalue weighted by molar-refractivity contribution is 0.00237. The van der Waals surface area contributed by atoms with Crippen molar-refractivity contribution in [1.29, 1.82) is 0 Å². The van der Waals surface area contributed by atoms with Gasteiger partial charge in [0, 0.05) is 0 Å². The Morgan fingerprint density at radius 3 is 0.722 bits per heavy atom. The maximum absolute atomic E-state index is 2.52. The van der Waals surface area contributed by atoms with Gasteiger partial charge < -0.3 is 0 Å². The third-order valence-corrected chi connectivity index (χ3v) is 7.02. The number of fused-ring (bicyclic) bond motifs is 1. The first-order chi connectivity index (χ1) is 8.37. The Morgan fingerprint density at radius 1 is 0.333 bits per heavy atom. The average Bonchev–Trinajstić information content (AvgIpc) is 2.61. The summed E-state index contributed by atoms with van der Waals surface area (Å²) in [6.07, 6.45) is 0. The molecular formula is C18H36. The minimum atomic E-state index is 0.913. The van der Waals surface area contributed by atoms with Crippen molar-refractivity contribution in [2.75, 3.05) is 0 Å². The van der Waals surface area contributed by atoms with E-state index < -0.39 is 0 Å². The Kier molecular flexibility index (Phi) is 5.32.